The van der Waals surface area contributed by atoms with E-state index in [0.29, 0.717) is 24.3 Å². The molecular weight excluding hydrogens is 550 g/mol. The molecule has 0 radical (unpaired) electrons. The largest absolute Gasteiger partial charge is 0.494 e. The Kier molecular flexibility index (Phi) is 12.1. The summed E-state index contributed by atoms with van der Waals surface area (Å²) in [5.41, 5.74) is -0.413. The zero-order valence-electron chi connectivity index (χ0n) is 25.0. The number of aliphatic imine (C=N–C) groups is 2. The van der Waals surface area contributed by atoms with Crippen molar-refractivity contribution in [3.63, 3.8) is 0 Å². The van der Waals surface area contributed by atoms with Crippen LogP contribution in [0.15, 0.2) is 44.8 Å². The summed E-state index contributed by atoms with van der Waals surface area (Å²) in [5, 5.41) is 9.51. The third-order valence-corrected chi connectivity index (χ3v) is 7.68. The van der Waals surface area contributed by atoms with Crippen LogP contribution in [-0.4, -0.2) is 67.3 Å². The number of nitrogens with one attached hydrogen (secondary N) is 1. The van der Waals surface area contributed by atoms with Crippen molar-refractivity contribution in [2.75, 3.05) is 18.9 Å². The fourth-order valence-corrected chi connectivity index (χ4v) is 5.06. The summed E-state index contributed by atoms with van der Waals surface area (Å²) in [6, 6.07) is 4.96. The van der Waals surface area contributed by atoms with Crippen molar-refractivity contribution >= 4 is 28.3 Å². The summed E-state index contributed by atoms with van der Waals surface area (Å²) >= 11 is 0. The number of nitrogens with zero attached hydrogens (tertiary/aromatic N) is 4. The predicted molar refractivity (Wildman–Crippen MR) is 162 cm³/mol. The van der Waals surface area contributed by atoms with E-state index in [4.69, 9.17) is 14.2 Å². The normalized spacial score (nSPS) is 13.4. The van der Waals surface area contributed by atoms with Crippen LogP contribution < -0.4 is 19.8 Å². The van der Waals surface area contributed by atoms with E-state index in [1.54, 1.807) is 32.0 Å². The highest BCUT2D eigenvalue weighted by Crippen LogP contribution is 2.34. The lowest BCUT2D eigenvalue weighted by Gasteiger charge is -2.26. The fourth-order valence-electron chi connectivity index (χ4n) is 3.90. The highest BCUT2D eigenvalue weighted by Gasteiger charge is 2.36. The summed E-state index contributed by atoms with van der Waals surface area (Å²) < 4.78 is 47.7. The van der Waals surface area contributed by atoms with Crippen LogP contribution in [0.4, 0.5) is 5.69 Å². The molecule has 0 bridgehead atoms. The molecule has 2 N–H and O–H groups in total. The van der Waals surface area contributed by atoms with E-state index < -0.39 is 38.5 Å². The third kappa shape index (κ3) is 8.17. The van der Waals surface area contributed by atoms with E-state index in [9.17, 15) is 18.3 Å². The number of hydrogen-bond acceptors (Lipinski definition) is 9. The molecule has 0 unspecified atom stereocenters. The zero-order valence-corrected chi connectivity index (χ0v) is 25.8. The van der Waals surface area contributed by atoms with E-state index in [1.807, 2.05) is 20.8 Å². The molecule has 0 spiro atoms. The number of ether oxygens (including phenoxy) is 3. The van der Waals surface area contributed by atoms with E-state index in [0.717, 1.165) is 12.0 Å². The average molecular weight is 592 g/mol. The number of benzene rings is 1. The molecule has 1 heterocycles. The van der Waals surface area contributed by atoms with Gasteiger partial charge in [0.25, 0.3) is 5.56 Å². The highest BCUT2D eigenvalue weighted by molar-refractivity contribution is 7.93. The van der Waals surface area contributed by atoms with E-state index in [1.165, 1.54) is 31.9 Å². The van der Waals surface area contributed by atoms with Gasteiger partial charge in [-0.1, -0.05) is 25.0 Å². The van der Waals surface area contributed by atoms with Crippen LogP contribution in [0.2, 0.25) is 0 Å². The minimum Gasteiger partial charge on any atom is -0.494 e. The second-order valence-electron chi connectivity index (χ2n) is 9.79. The number of unbranched alkanes of at least 4 members (excludes halogenated alkanes) is 1. The summed E-state index contributed by atoms with van der Waals surface area (Å²) in [5.74, 6) is 0.0823. The second-order valence-corrected chi connectivity index (χ2v) is 11.8. The minimum absolute atomic E-state index is 0.0474. The molecule has 2 aromatic rings. The van der Waals surface area contributed by atoms with Gasteiger partial charge < -0.3 is 19.3 Å². The van der Waals surface area contributed by atoms with Crippen LogP contribution in [-0.2, 0) is 21.2 Å². The first-order chi connectivity index (χ1) is 19.3. The number of sulfonamides is 1. The van der Waals surface area contributed by atoms with Crippen LogP contribution >= 0.6 is 0 Å². The maximum Gasteiger partial charge on any atom is 0.286 e. The molecule has 0 fully saturated rings. The molecule has 1 aromatic carbocycles. The van der Waals surface area contributed by atoms with E-state index in [2.05, 4.69) is 26.4 Å². The van der Waals surface area contributed by atoms with Crippen molar-refractivity contribution < 1.29 is 27.7 Å². The van der Waals surface area contributed by atoms with Gasteiger partial charge in [0.15, 0.2) is 11.5 Å². The van der Waals surface area contributed by atoms with Crippen LogP contribution in [0.1, 0.15) is 60.2 Å². The Hall–Kier alpha value is -3.71. The molecule has 12 nitrogen and oxygen atoms in total. The molecule has 0 saturated heterocycles. The number of allylic oxidation sites excluding steroid dienone is 1. The Morgan fingerprint density at radius 2 is 1.80 bits per heavy atom. The van der Waals surface area contributed by atoms with Gasteiger partial charge in [-0.2, -0.15) is 4.98 Å². The number of rotatable bonds is 14. The van der Waals surface area contributed by atoms with E-state index in [-0.39, 0.29) is 23.5 Å². The molecule has 0 saturated carbocycles. The van der Waals surface area contributed by atoms with Crippen molar-refractivity contribution in [3.8, 4) is 23.1 Å². The highest BCUT2D eigenvalue weighted by atomic mass is 32.2. The van der Waals surface area contributed by atoms with Gasteiger partial charge >= 0.3 is 0 Å². The number of para-hydroxylation sites is 1. The Morgan fingerprint density at radius 1 is 1.20 bits per heavy atom. The van der Waals surface area contributed by atoms with Gasteiger partial charge in [0, 0.05) is 12.6 Å². The topological polar surface area (TPSA) is 154 Å². The standard InChI is InChI=1S/C28H41N5O7S/c1-10-11-15-22-31-27(34)23(28(35)33(22)24-20(38-8)13-12-14-21(24)39-9)32-41(36,37)19(6)25(40-18(4)5)26(29-7)30-16-17(2)3/h12-14,16,18-19,25,32,34H,7,10-11,15H2,1-6,8-9H3/b30-26-/t19-,25+/m0/s1. The number of aryl methyl sites for hydroxylation is 1. The molecule has 226 valence electrons. The monoisotopic (exact) mass is 591 g/mol. The molecule has 41 heavy (non-hydrogen) atoms. The molecule has 2 rings (SSSR count). The number of aromatic hydroxyl groups is 1. The van der Waals surface area contributed by atoms with Crippen molar-refractivity contribution in [1.29, 1.82) is 0 Å². The second kappa shape index (κ2) is 14.8. The third-order valence-electron chi connectivity index (χ3n) is 5.96. The number of hydrogen-bond donors (Lipinski definition) is 2. The zero-order chi connectivity index (χ0) is 30.9. The smallest absolute Gasteiger partial charge is 0.286 e. The molecular formula is C28H41N5O7S. The number of aromatic nitrogens is 2. The Balaban J connectivity index is 2.76. The Labute approximate surface area is 241 Å². The van der Waals surface area contributed by atoms with Gasteiger partial charge in [0.05, 0.1) is 20.3 Å². The van der Waals surface area contributed by atoms with Gasteiger partial charge in [0.2, 0.25) is 15.9 Å². The summed E-state index contributed by atoms with van der Waals surface area (Å²) in [4.78, 5) is 26.3. The molecule has 13 heteroatoms. The van der Waals surface area contributed by atoms with Crippen LogP contribution in [0, 0.1) is 0 Å². The minimum atomic E-state index is -4.40. The maximum absolute atomic E-state index is 14.0. The lowest BCUT2D eigenvalue weighted by Crippen LogP contribution is -2.44. The quantitative estimate of drug-likeness (QED) is 0.244. The van der Waals surface area contributed by atoms with Gasteiger partial charge in [0.1, 0.15) is 34.4 Å². The first-order valence-corrected chi connectivity index (χ1v) is 14.8. The SMILES string of the molecule is C=N/C(=N\C=C(C)C)[C@H](OC(C)C)[C@H](C)S(=O)(=O)Nc1c(O)nc(CCCC)n(-c2c(OC)cccc2OC)c1=O. The van der Waals surface area contributed by atoms with Gasteiger partial charge in [-0.05, 0) is 59.9 Å². The number of amidine groups is 1. The predicted octanol–water partition coefficient (Wildman–Crippen LogP) is 4.24. The Bertz CT molecular complexity index is 1420. The van der Waals surface area contributed by atoms with Crippen LogP contribution in [0.25, 0.3) is 5.69 Å². The number of methoxy groups -OCH3 is 2. The summed E-state index contributed by atoms with van der Waals surface area (Å²) in [6.45, 7) is 14.0. The van der Waals surface area contributed by atoms with Gasteiger partial charge in [-0.3, -0.25) is 14.1 Å². The van der Waals surface area contributed by atoms with Crippen molar-refractivity contribution in [2.24, 2.45) is 9.98 Å². The van der Waals surface area contributed by atoms with E-state index >= 15 is 0 Å². The van der Waals surface area contributed by atoms with Crippen molar-refractivity contribution in [2.45, 2.75) is 78.3 Å². The van der Waals surface area contributed by atoms with Gasteiger partial charge in [-0.15, -0.1) is 0 Å². The van der Waals surface area contributed by atoms with Crippen molar-refractivity contribution in [3.05, 3.63) is 46.2 Å². The first-order valence-electron chi connectivity index (χ1n) is 13.2. The van der Waals surface area contributed by atoms with Gasteiger partial charge in [-0.25, -0.2) is 18.4 Å². The lowest BCUT2D eigenvalue weighted by molar-refractivity contribution is 0.0459. The van der Waals surface area contributed by atoms with Crippen LogP contribution in [0.3, 0.4) is 0 Å². The first kappa shape index (κ1) is 33.5. The maximum atomic E-state index is 14.0. The molecule has 2 atom stereocenters. The summed E-state index contributed by atoms with van der Waals surface area (Å²) in [7, 11) is -1.53. The molecule has 0 aliphatic carbocycles. The molecule has 1 aromatic heterocycles. The molecule has 0 amide bonds. The lowest BCUT2D eigenvalue weighted by atomic mass is 10.2. The van der Waals surface area contributed by atoms with Crippen molar-refractivity contribution in [1.82, 2.24) is 9.55 Å². The van der Waals surface area contributed by atoms with Crippen LogP contribution in [0.5, 0.6) is 17.4 Å². The summed E-state index contributed by atoms with van der Waals surface area (Å²) in [6.07, 6.45) is 1.76. The molecule has 0 aliphatic rings. The average Bonchev–Trinajstić information content (AvgIpc) is 2.92. The molecule has 0 aliphatic heterocycles. The fraction of sp³-hybridized carbons (Fsp3) is 0.500. The Morgan fingerprint density at radius 3 is 2.29 bits per heavy atom. The number of anilines is 1.